The fourth-order valence-electron chi connectivity index (χ4n) is 2.77. The van der Waals surface area contributed by atoms with Crippen molar-refractivity contribution in [2.24, 2.45) is 5.92 Å². The van der Waals surface area contributed by atoms with Crippen molar-refractivity contribution < 1.29 is 14.6 Å². The number of amides is 1. The minimum absolute atomic E-state index is 0.00886. The molecule has 8 nitrogen and oxygen atoms in total. The van der Waals surface area contributed by atoms with Gasteiger partial charge in [0.25, 0.3) is 17.3 Å². The molecule has 1 aromatic rings. The number of nitrogens with one attached hydrogen (secondary N) is 1. The molecule has 0 unspecified atom stereocenters. The molecule has 1 aromatic carbocycles. The molecule has 1 saturated carbocycles. The van der Waals surface area contributed by atoms with Crippen LogP contribution >= 0.6 is 0 Å². The number of hydrogen-bond donors (Lipinski definition) is 1. The summed E-state index contributed by atoms with van der Waals surface area (Å²) in [6.07, 6.45) is 3.84. The summed E-state index contributed by atoms with van der Waals surface area (Å²) < 4.78 is 0. The van der Waals surface area contributed by atoms with Crippen molar-refractivity contribution in [2.45, 2.75) is 38.6 Å². The Bertz CT molecular complexity index is 584. The molecule has 0 saturated heterocycles. The van der Waals surface area contributed by atoms with E-state index in [1.54, 1.807) is 0 Å². The van der Waals surface area contributed by atoms with E-state index in [2.05, 4.69) is 12.2 Å². The van der Waals surface area contributed by atoms with Gasteiger partial charge in [0, 0.05) is 18.2 Å². The Labute approximate surface area is 126 Å². The van der Waals surface area contributed by atoms with Crippen LogP contribution in [0, 0.1) is 26.1 Å². The van der Waals surface area contributed by atoms with Gasteiger partial charge in [-0.3, -0.25) is 25.0 Å². The van der Waals surface area contributed by atoms with Gasteiger partial charge in [0.2, 0.25) is 0 Å². The van der Waals surface area contributed by atoms with Crippen LogP contribution in [0.3, 0.4) is 0 Å². The average Bonchev–Trinajstić information content (AvgIpc) is 2.46. The van der Waals surface area contributed by atoms with E-state index >= 15 is 0 Å². The third-order valence-electron chi connectivity index (χ3n) is 3.86. The maximum Gasteiger partial charge on any atom is 0.277 e. The van der Waals surface area contributed by atoms with Crippen LogP contribution < -0.4 is 5.32 Å². The molecule has 1 fully saturated rings. The quantitative estimate of drug-likeness (QED) is 0.678. The number of nitro groups is 2. The van der Waals surface area contributed by atoms with Crippen LogP contribution in [0.5, 0.6) is 0 Å². The van der Waals surface area contributed by atoms with Crippen molar-refractivity contribution in [1.82, 2.24) is 5.32 Å². The monoisotopic (exact) mass is 307 g/mol. The highest BCUT2D eigenvalue weighted by Gasteiger charge is 2.24. The summed E-state index contributed by atoms with van der Waals surface area (Å²) in [5, 5.41) is 24.5. The molecule has 2 atom stereocenters. The van der Waals surface area contributed by atoms with Gasteiger partial charge in [0.1, 0.15) is 0 Å². The molecular formula is C14H17N3O5. The molecule has 1 aliphatic rings. The first-order chi connectivity index (χ1) is 10.4. The summed E-state index contributed by atoms with van der Waals surface area (Å²) >= 11 is 0. The fourth-order valence-corrected chi connectivity index (χ4v) is 2.77. The van der Waals surface area contributed by atoms with Gasteiger partial charge < -0.3 is 5.32 Å². The third kappa shape index (κ3) is 3.78. The zero-order chi connectivity index (χ0) is 16.3. The minimum atomic E-state index is -0.744. The number of carbonyl (C=O) groups excluding carboxylic acids is 1. The molecule has 0 aliphatic heterocycles. The van der Waals surface area contributed by atoms with Gasteiger partial charge in [-0.25, -0.2) is 0 Å². The maximum absolute atomic E-state index is 12.2. The number of hydrogen-bond acceptors (Lipinski definition) is 5. The molecular weight excluding hydrogens is 290 g/mol. The second kappa shape index (κ2) is 6.50. The molecule has 0 spiro atoms. The molecule has 0 heterocycles. The predicted octanol–water partition coefficient (Wildman–Crippen LogP) is 2.81. The van der Waals surface area contributed by atoms with Crippen LogP contribution in [0.15, 0.2) is 18.2 Å². The zero-order valence-corrected chi connectivity index (χ0v) is 12.2. The van der Waals surface area contributed by atoms with Gasteiger partial charge >= 0.3 is 0 Å². The summed E-state index contributed by atoms with van der Waals surface area (Å²) in [6, 6.07) is 2.98. The molecule has 118 valence electrons. The largest absolute Gasteiger partial charge is 0.349 e. The SMILES string of the molecule is C[C@H]1CCC[C@@H](NC(=O)c2cc([N+](=O)[O-])cc([N+](=O)[O-])c2)C1. The molecule has 1 N–H and O–H groups in total. The van der Waals surface area contributed by atoms with E-state index in [4.69, 9.17) is 0 Å². The minimum Gasteiger partial charge on any atom is -0.349 e. The Morgan fingerprint density at radius 2 is 1.73 bits per heavy atom. The van der Waals surface area contributed by atoms with E-state index in [0.717, 1.165) is 43.9 Å². The Kier molecular flexibility index (Phi) is 4.69. The van der Waals surface area contributed by atoms with Gasteiger partial charge in [-0.2, -0.15) is 0 Å². The summed E-state index contributed by atoms with van der Waals surface area (Å²) in [5.74, 6) is 0.00407. The molecule has 0 radical (unpaired) electrons. The lowest BCUT2D eigenvalue weighted by Crippen LogP contribution is -2.38. The van der Waals surface area contributed by atoms with Crippen LogP contribution in [-0.2, 0) is 0 Å². The number of benzene rings is 1. The summed E-state index contributed by atoms with van der Waals surface area (Å²) in [6.45, 7) is 2.11. The van der Waals surface area contributed by atoms with E-state index < -0.39 is 27.1 Å². The third-order valence-corrected chi connectivity index (χ3v) is 3.86. The van der Waals surface area contributed by atoms with Crippen LogP contribution in [0.1, 0.15) is 43.0 Å². The Morgan fingerprint density at radius 1 is 1.14 bits per heavy atom. The maximum atomic E-state index is 12.2. The van der Waals surface area contributed by atoms with Gasteiger partial charge in [-0.15, -0.1) is 0 Å². The number of nitrogens with zero attached hydrogens (tertiary/aromatic N) is 2. The van der Waals surface area contributed by atoms with Gasteiger partial charge in [-0.1, -0.05) is 19.8 Å². The van der Waals surface area contributed by atoms with Crippen LogP contribution in [0.4, 0.5) is 11.4 Å². The molecule has 22 heavy (non-hydrogen) atoms. The first-order valence-electron chi connectivity index (χ1n) is 7.11. The highest BCUT2D eigenvalue weighted by molar-refractivity contribution is 5.95. The topological polar surface area (TPSA) is 115 Å². The number of rotatable bonds is 4. The van der Waals surface area contributed by atoms with Crippen molar-refractivity contribution in [3.63, 3.8) is 0 Å². The van der Waals surface area contributed by atoms with E-state index in [1.165, 1.54) is 0 Å². The van der Waals surface area contributed by atoms with Crippen molar-refractivity contribution in [2.75, 3.05) is 0 Å². The lowest BCUT2D eigenvalue weighted by atomic mass is 9.87. The number of carbonyl (C=O) groups is 1. The first-order valence-corrected chi connectivity index (χ1v) is 7.11. The summed E-state index contributed by atoms with van der Waals surface area (Å²) in [7, 11) is 0. The Hall–Kier alpha value is -2.51. The summed E-state index contributed by atoms with van der Waals surface area (Å²) in [5.41, 5.74) is -0.980. The molecule has 8 heteroatoms. The van der Waals surface area contributed by atoms with Crippen molar-refractivity contribution in [3.8, 4) is 0 Å². The molecule has 1 amide bonds. The normalized spacial score (nSPS) is 21.1. The molecule has 1 aliphatic carbocycles. The van der Waals surface area contributed by atoms with Crippen molar-refractivity contribution in [3.05, 3.63) is 44.0 Å². The fraction of sp³-hybridized carbons (Fsp3) is 0.500. The second-order valence-electron chi connectivity index (χ2n) is 5.69. The van der Waals surface area contributed by atoms with Gasteiger partial charge in [0.15, 0.2) is 0 Å². The van der Waals surface area contributed by atoms with Crippen molar-refractivity contribution >= 4 is 17.3 Å². The standard InChI is InChI=1S/C14H17N3O5/c1-9-3-2-4-11(5-9)15-14(18)10-6-12(16(19)20)8-13(7-10)17(21)22/h6-9,11H,2-5H2,1H3,(H,15,18)/t9-,11+/m0/s1. The van der Waals surface area contributed by atoms with Crippen LogP contribution in [-0.4, -0.2) is 21.8 Å². The average molecular weight is 307 g/mol. The Balaban J connectivity index is 2.21. The lowest BCUT2D eigenvalue weighted by molar-refractivity contribution is -0.394. The Morgan fingerprint density at radius 3 is 2.23 bits per heavy atom. The lowest BCUT2D eigenvalue weighted by Gasteiger charge is -2.27. The van der Waals surface area contributed by atoms with Crippen molar-refractivity contribution in [1.29, 1.82) is 0 Å². The van der Waals surface area contributed by atoms with E-state index in [1.807, 2.05) is 0 Å². The molecule has 2 rings (SSSR count). The number of non-ortho nitro benzene ring substituents is 2. The van der Waals surface area contributed by atoms with E-state index in [9.17, 15) is 25.0 Å². The van der Waals surface area contributed by atoms with Crippen LogP contribution in [0.25, 0.3) is 0 Å². The highest BCUT2D eigenvalue weighted by atomic mass is 16.6. The predicted molar refractivity (Wildman–Crippen MR) is 78.6 cm³/mol. The zero-order valence-electron chi connectivity index (χ0n) is 12.2. The molecule has 0 aromatic heterocycles. The first kappa shape index (κ1) is 15.9. The van der Waals surface area contributed by atoms with Crippen LogP contribution in [0.2, 0.25) is 0 Å². The van der Waals surface area contributed by atoms with Gasteiger partial charge in [0.05, 0.1) is 21.5 Å². The second-order valence-corrected chi connectivity index (χ2v) is 5.69. The van der Waals surface area contributed by atoms with E-state index in [-0.39, 0.29) is 11.6 Å². The number of nitro benzene ring substituents is 2. The summed E-state index contributed by atoms with van der Waals surface area (Å²) in [4.78, 5) is 32.4. The molecule has 0 bridgehead atoms. The van der Waals surface area contributed by atoms with E-state index in [0.29, 0.717) is 5.92 Å². The van der Waals surface area contributed by atoms with Gasteiger partial charge in [-0.05, 0) is 18.8 Å². The smallest absolute Gasteiger partial charge is 0.277 e. The highest BCUT2D eigenvalue weighted by Crippen LogP contribution is 2.25.